The molecule has 0 saturated carbocycles. The Bertz CT molecular complexity index is 42.2. The maximum absolute atomic E-state index is 4.87. The fourth-order valence-electron chi connectivity index (χ4n) is 0. The summed E-state index contributed by atoms with van der Waals surface area (Å²) in [6.45, 7) is 0. The average molecular weight is 125 g/mol. The van der Waals surface area contributed by atoms with Crippen LogP contribution in [0.5, 0.6) is 0 Å². The number of rotatable bonds is 0. The lowest BCUT2D eigenvalue weighted by atomic mass is 11.9. The lowest BCUT2D eigenvalue weighted by Crippen LogP contribution is -1.78. The molecule has 0 aromatic rings. The van der Waals surface area contributed by atoms with Gasteiger partial charge in [-0.15, -0.1) is 12.6 Å². The van der Waals surface area contributed by atoms with Crippen molar-refractivity contribution in [1.82, 2.24) is 0 Å². The summed E-state index contributed by atoms with van der Waals surface area (Å²) >= 11 is 9.04. The van der Waals surface area contributed by atoms with Gasteiger partial charge in [-0.2, -0.15) is 0 Å². The maximum atomic E-state index is 4.87. The molecule has 0 bridgehead atoms. The Morgan fingerprint density at radius 1 is 2.00 bits per heavy atom. The molecule has 4 heteroatoms. The Hall–Kier alpha value is 0.750. The molecule has 1 nitrogen and oxygen atoms in total. The lowest BCUT2D eigenvalue weighted by Gasteiger charge is -1.75. The highest BCUT2D eigenvalue weighted by Crippen LogP contribution is 1.94. The van der Waals surface area contributed by atoms with Crippen molar-refractivity contribution in [3.05, 3.63) is 0 Å². The van der Waals surface area contributed by atoms with Crippen molar-refractivity contribution >= 4 is 40.3 Å². The molecular formula is CH3NS3. The predicted molar refractivity (Wildman–Crippen MR) is 33.4 cm³/mol. The highest BCUT2D eigenvalue weighted by atomic mass is 32.2. The van der Waals surface area contributed by atoms with E-state index in [0.717, 1.165) is 11.9 Å². The molecule has 0 atom stereocenters. The van der Waals surface area contributed by atoms with Crippen molar-refractivity contribution in [2.45, 2.75) is 0 Å². The van der Waals surface area contributed by atoms with Crippen molar-refractivity contribution < 1.29 is 0 Å². The first-order valence-electron chi connectivity index (χ1n) is 0.868. The molecule has 0 amide bonds. The van der Waals surface area contributed by atoms with Gasteiger partial charge in [-0.05, 0) is 11.9 Å². The second kappa shape index (κ2) is 2.96. The number of hydrogen-bond donors (Lipinski definition) is 2. The fraction of sp³-hybridized carbons (Fsp3) is 0. The van der Waals surface area contributed by atoms with E-state index in [4.69, 9.17) is 5.14 Å². The zero-order valence-corrected chi connectivity index (χ0v) is 4.87. The minimum absolute atomic E-state index is 0.477. The number of thiol groups is 1. The van der Waals surface area contributed by atoms with E-state index in [1.807, 2.05) is 0 Å². The molecule has 0 heterocycles. The van der Waals surface area contributed by atoms with Crippen molar-refractivity contribution in [3.8, 4) is 0 Å². The highest BCUT2D eigenvalue weighted by molar-refractivity contribution is 8.40. The molecule has 0 aliphatic rings. The summed E-state index contributed by atoms with van der Waals surface area (Å²) < 4.78 is 0.477. The summed E-state index contributed by atoms with van der Waals surface area (Å²) in [7, 11) is 0. The van der Waals surface area contributed by atoms with Crippen molar-refractivity contribution in [2.24, 2.45) is 5.14 Å². The first-order chi connectivity index (χ1) is 2.27. The first kappa shape index (κ1) is 5.75. The zero-order chi connectivity index (χ0) is 4.28. The topological polar surface area (TPSA) is 26.0 Å². The Kier molecular flexibility index (Phi) is 3.40. The molecule has 0 aliphatic carbocycles. The molecule has 2 N–H and O–H groups in total. The molecule has 0 aliphatic heterocycles. The second-order valence-electron chi connectivity index (χ2n) is 0.384. The van der Waals surface area contributed by atoms with Crippen LogP contribution in [0, 0.1) is 0 Å². The van der Waals surface area contributed by atoms with E-state index < -0.39 is 0 Å². The van der Waals surface area contributed by atoms with E-state index in [9.17, 15) is 0 Å². The minimum Gasteiger partial charge on any atom is -0.272 e. The Morgan fingerprint density at radius 2 is 2.20 bits per heavy atom. The van der Waals surface area contributed by atoms with Gasteiger partial charge in [-0.25, -0.2) is 0 Å². The van der Waals surface area contributed by atoms with Crippen LogP contribution in [0.25, 0.3) is 0 Å². The zero-order valence-electron chi connectivity index (χ0n) is 2.34. The van der Waals surface area contributed by atoms with Gasteiger partial charge in [0.25, 0.3) is 0 Å². The van der Waals surface area contributed by atoms with Crippen LogP contribution in [0.15, 0.2) is 0 Å². The van der Waals surface area contributed by atoms with E-state index in [2.05, 4.69) is 24.8 Å². The fourth-order valence-corrected chi connectivity index (χ4v) is 0. The molecule has 0 saturated heterocycles. The minimum atomic E-state index is 0.477. The third-order valence-corrected chi connectivity index (χ3v) is 0.907. The molecule has 30 valence electrons. The quantitative estimate of drug-likeness (QED) is 0.285. The summed E-state index contributed by atoms with van der Waals surface area (Å²) in [5, 5.41) is 4.87. The van der Waals surface area contributed by atoms with Crippen molar-refractivity contribution in [2.75, 3.05) is 0 Å². The van der Waals surface area contributed by atoms with E-state index in [1.165, 1.54) is 0 Å². The number of hydrogen-bond acceptors (Lipinski definition) is 3. The average Bonchev–Trinajstić information content (AvgIpc) is 1.38. The molecular weight excluding hydrogens is 122 g/mol. The summed E-state index contributed by atoms with van der Waals surface area (Å²) in [5.74, 6) is 0. The molecule has 0 radical (unpaired) electrons. The molecule has 0 unspecified atom stereocenters. The van der Waals surface area contributed by atoms with E-state index >= 15 is 0 Å². The van der Waals surface area contributed by atoms with Gasteiger partial charge >= 0.3 is 0 Å². The second-order valence-corrected chi connectivity index (χ2v) is 2.75. The van der Waals surface area contributed by atoms with Crippen molar-refractivity contribution in [3.63, 3.8) is 0 Å². The van der Waals surface area contributed by atoms with E-state index in [-0.39, 0.29) is 0 Å². The summed E-state index contributed by atoms with van der Waals surface area (Å²) in [4.78, 5) is 0. The van der Waals surface area contributed by atoms with Crippen LogP contribution in [-0.4, -0.2) is 3.53 Å². The van der Waals surface area contributed by atoms with Gasteiger partial charge in [0.1, 0.15) is 3.53 Å². The third kappa shape index (κ3) is 4.75. The van der Waals surface area contributed by atoms with Crippen LogP contribution in [0.3, 0.4) is 0 Å². The van der Waals surface area contributed by atoms with Gasteiger partial charge in [0.15, 0.2) is 0 Å². The molecule has 5 heavy (non-hydrogen) atoms. The SMILES string of the molecule is NSC(=S)S. The van der Waals surface area contributed by atoms with Crippen LogP contribution in [0.4, 0.5) is 0 Å². The highest BCUT2D eigenvalue weighted by Gasteiger charge is 1.73. The predicted octanol–water partition coefficient (Wildman–Crippen LogP) is 0.808. The van der Waals surface area contributed by atoms with Gasteiger partial charge in [0.05, 0.1) is 0 Å². The van der Waals surface area contributed by atoms with Crippen LogP contribution in [0.2, 0.25) is 0 Å². The first-order valence-corrected chi connectivity index (χ1v) is 2.60. The smallest absolute Gasteiger partial charge is 0.115 e. The van der Waals surface area contributed by atoms with Gasteiger partial charge < -0.3 is 0 Å². The molecule has 0 fully saturated rings. The van der Waals surface area contributed by atoms with Gasteiger partial charge in [0, 0.05) is 0 Å². The third-order valence-electron chi connectivity index (χ3n) is 0.101. The Morgan fingerprint density at radius 3 is 2.20 bits per heavy atom. The van der Waals surface area contributed by atoms with E-state index in [1.54, 1.807) is 0 Å². The Balaban J connectivity index is 2.85. The normalized spacial score (nSPS) is 7.60. The monoisotopic (exact) mass is 125 g/mol. The van der Waals surface area contributed by atoms with E-state index in [0.29, 0.717) is 3.53 Å². The molecule has 0 rings (SSSR count). The number of nitrogens with two attached hydrogens (primary N) is 1. The van der Waals surface area contributed by atoms with Crippen LogP contribution < -0.4 is 5.14 Å². The Labute approximate surface area is 45.9 Å². The van der Waals surface area contributed by atoms with Gasteiger partial charge in [-0.1, -0.05) is 12.2 Å². The molecule has 0 spiro atoms. The van der Waals surface area contributed by atoms with Crippen LogP contribution in [-0.2, 0) is 0 Å². The molecule has 0 aromatic heterocycles. The summed E-state index contributed by atoms with van der Waals surface area (Å²) in [5.41, 5.74) is 0. The van der Waals surface area contributed by atoms with Crippen molar-refractivity contribution in [1.29, 1.82) is 0 Å². The lowest BCUT2D eigenvalue weighted by molar-refractivity contribution is 2.07. The maximum Gasteiger partial charge on any atom is 0.115 e. The van der Waals surface area contributed by atoms with Gasteiger partial charge in [-0.3, -0.25) is 5.14 Å². The summed E-state index contributed by atoms with van der Waals surface area (Å²) in [6.07, 6.45) is 0. The van der Waals surface area contributed by atoms with Crippen LogP contribution in [0.1, 0.15) is 0 Å². The largest absolute Gasteiger partial charge is 0.272 e. The number of thiocarbonyl (C=S) groups is 1. The molecule has 0 aromatic carbocycles. The van der Waals surface area contributed by atoms with Gasteiger partial charge in [0.2, 0.25) is 0 Å². The standard InChI is InChI=1S/CH3NS3/c2-5-1(3)4/h2H2,(H,3,4). The van der Waals surface area contributed by atoms with Crippen LogP contribution >= 0.6 is 36.8 Å². The summed E-state index contributed by atoms with van der Waals surface area (Å²) in [6, 6.07) is 0.